The predicted octanol–water partition coefficient (Wildman–Crippen LogP) is 4.01. The van der Waals surface area contributed by atoms with Gasteiger partial charge in [0.05, 0.1) is 0 Å². The maximum atomic E-state index is 3.53. The van der Waals surface area contributed by atoms with E-state index < -0.39 is 0 Å². The van der Waals surface area contributed by atoms with Crippen molar-refractivity contribution in [3.63, 3.8) is 0 Å². The second-order valence-corrected chi connectivity index (χ2v) is 14.6. The minimum atomic E-state index is 0. The van der Waals surface area contributed by atoms with Gasteiger partial charge in [-0.1, -0.05) is 115 Å². The number of hydrogen-bond acceptors (Lipinski definition) is 0. The normalized spacial score (nSPS) is 15.0. The molecule has 218 valence electrons. The van der Waals surface area contributed by atoms with Crippen molar-refractivity contribution in [3.05, 3.63) is 118 Å². The zero-order valence-electron chi connectivity index (χ0n) is 26.5. The van der Waals surface area contributed by atoms with Crippen LogP contribution in [0.15, 0.2) is 78.4 Å². The molecule has 0 saturated heterocycles. The van der Waals surface area contributed by atoms with Crippen molar-refractivity contribution in [3.8, 4) is 11.1 Å². The first-order chi connectivity index (χ1) is 18.1. The van der Waals surface area contributed by atoms with E-state index in [4.69, 9.17) is 0 Å². The van der Waals surface area contributed by atoms with Gasteiger partial charge in [0.1, 0.15) is 0 Å². The third-order valence-electron chi connectivity index (χ3n) is 7.29. The summed E-state index contributed by atoms with van der Waals surface area (Å²) < 4.78 is 2.17. The van der Waals surface area contributed by atoms with Gasteiger partial charge in [-0.15, -0.1) is 5.56 Å². The number of allylic oxidation sites excluding steroid dienone is 4. The summed E-state index contributed by atoms with van der Waals surface area (Å²) in [6.45, 7) is 22.5. The molecule has 0 bridgehead atoms. The molecule has 0 spiro atoms. The van der Waals surface area contributed by atoms with Gasteiger partial charge in [0.2, 0.25) is 0 Å². The maximum absolute atomic E-state index is 3.53. The molecule has 0 amide bonds. The van der Waals surface area contributed by atoms with E-state index >= 15 is 0 Å². The number of halogens is 2. The van der Waals surface area contributed by atoms with Crippen molar-refractivity contribution < 1.29 is 49.0 Å². The van der Waals surface area contributed by atoms with Crippen molar-refractivity contribution in [1.82, 2.24) is 0 Å². The Hall–Kier alpha value is -1.53. The molecule has 2 aliphatic carbocycles. The molecule has 0 aliphatic heterocycles. The molecule has 0 nitrogen and oxygen atoms in total. The molecule has 0 N–H and O–H groups in total. The Kier molecular flexibility index (Phi) is 14.0. The first kappa shape index (κ1) is 37.5. The Bertz CT molecular complexity index is 1280. The van der Waals surface area contributed by atoms with Gasteiger partial charge in [-0.25, -0.2) is 6.08 Å². The summed E-state index contributed by atoms with van der Waals surface area (Å²) in [5.74, 6) is 0.522. The molecular formula is C38H46Cl2Zr-2. The predicted molar refractivity (Wildman–Crippen MR) is 167 cm³/mol. The molecule has 1 unspecified atom stereocenters. The van der Waals surface area contributed by atoms with Crippen molar-refractivity contribution in [2.75, 3.05) is 0 Å². The van der Waals surface area contributed by atoms with Gasteiger partial charge in [0.25, 0.3) is 0 Å². The van der Waals surface area contributed by atoms with Crippen molar-refractivity contribution >= 4 is 3.71 Å². The Labute approximate surface area is 278 Å². The first-order valence-corrected chi connectivity index (χ1v) is 15.6. The van der Waals surface area contributed by atoms with Crippen LogP contribution in [0.1, 0.15) is 97.1 Å². The Balaban J connectivity index is 0.000000352. The number of rotatable bonds is 1. The SMILES string of the molecule is CC(C)(C)c1c[c-]c2c(c1)-c1cc(C(C)(C)C)ccc1C2.CC1[C-]=CC(C(C)(C)C)=C1.[Cl-].[Cl-].[Zr+2]=[CH]c1ccccc1. The van der Waals surface area contributed by atoms with Gasteiger partial charge >= 0.3 is 63.8 Å². The molecule has 41 heavy (non-hydrogen) atoms. The Morgan fingerprint density at radius 1 is 0.756 bits per heavy atom. The van der Waals surface area contributed by atoms with Crippen molar-refractivity contribution in [1.29, 1.82) is 0 Å². The molecule has 2 aliphatic rings. The van der Waals surface area contributed by atoms with E-state index in [0.29, 0.717) is 11.3 Å². The van der Waals surface area contributed by atoms with E-state index in [1.54, 1.807) is 0 Å². The standard InChI is InChI=1S/C21H25.C10H15.C7H6.2ClH.Zr/c1-20(2,3)16-9-7-14-11-15-8-10-17(21(4,5)6)13-19(15)18(14)12-16;1-8-5-6-9(7-8)10(2,3)4;1-7-5-3-2-4-6-7;;;/h7,9-10,12-13H,11H2,1-6H3;6-8H,1-4H3;1-6H;2*1H;/q2*-1;;;;+2/p-2. The summed E-state index contributed by atoms with van der Waals surface area (Å²) in [5, 5.41) is 0. The van der Waals surface area contributed by atoms with E-state index in [1.807, 2.05) is 6.07 Å². The van der Waals surface area contributed by atoms with Crippen molar-refractivity contribution in [2.24, 2.45) is 11.3 Å². The van der Waals surface area contributed by atoms with Gasteiger partial charge in [-0.3, -0.25) is 6.08 Å². The number of hydrogen-bond donors (Lipinski definition) is 0. The molecule has 0 fully saturated rings. The average molecular weight is 665 g/mol. The van der Waals surface area contributed by atoms with Crippen LogP contribution in [-0.2, 0) is 41.5 Å². The van der Waals surface area contributed by atoms with Crippen LogP contribution in [0.2, 0.25) is 0 Å². The van der Waals surface area contributed by atoms with Gasteiger partial charge in [-0.2, -0.15) is 41.0 Å². The van der Waals surface area contributed by atoms with Gasteiger partial charge in [-0.05, 0) is 17.4 Å². The fourth-order valence-electron chi connectivity index (χ4n) is 4.59. The van der Waals surface area contributed by atoms with Gasteiger partial charge in [0.15, 0.2) is 0 Å². The van der Waals surface area contributed by atoms with Crippen LogP contribution in [0.3, 0.4) is 0 Å². The van der Waals surface area contributed by atoms with Crippen LogP contribution in [0.5, 0.6) is 0 Å². The van der Waals surface area contributed by atoms with Crippen LogP contribution in [0, 0.1) is 23.5 Å². The zero-order chi connectivity index (χ0) is 29.0. The Morgan fingerprint density at radius 3 is 1.78 bits per heavy atom. The summed E-state index contributed by atoms with van der Waals surface area (Å²) in [4.78, 5) is 0. The topological polar surface area (TPSA) is 0 Å². The summed E-state index contributed by atoms with van der Waals surface area (Å²) in [7, 11) is 0. The molecule has 3 heteroatoms. The van der Waals surface area contributed by atoms with Crippen LogP contribution in [0.4, 0.5) is 0 Å². The van der Waals surface area contributed by atoms with Crippen LogP contribution in [-0.4, -0.2) is 3.71 Å². The molecule has 5 rings (SSSR count). The first-order valence-electron chi connectivity index (χ1n) is 14.2. The van der Waals surface area contributed by atoms with E-state index in [9.17, 15) is 0 Å². The molecule has 3 aromatic rings. The minimum absolute atomic E-state index is 0. The van der Waals surface area contributed by atoms with Crippen LogP contribution < -0.4 is 24.8 Å². The zero-order valence-corrected chi connectivity index (χ0v) is 30.5. The number of benzene rings is 3. The summed E-state index contributed by atoms with van der Waals surface area (Å²) in [6, 6.07) is 25.4. The van der Waals surface area contributed by atoms with Crippen molar-refractivity contribution in [2.45, 2.75) is 86.5 Å². The van der Waals surface area contributed by atoms with Gasteiger partial charge < -0.3 is 24.8 Å². The van der Waals surface area contributed by atoms with Crippen LogP contribution in [0.25, 0.3) is 11.1 Å². The summed E-state index contributed by atoms with van der Waals surface area (Å²) in [5.41, 5.74) is 11.8. The molecule has 0 heterocycles. The molecule has 0 aromatic heterocycles. The monoisotopic (exact) mass is 662 g/mol. The Morgan fingerprint density at radius 2 is 1.34 bits per heavy atom. The molecule has 1 atom stereocenters. The number of fused-ring (bicyclic) bond motifs is 3. The molecule has 0 saturated carbocycles. The fraction of sp³-hybridized carbons (Fsp3) is 0.395. The van der Waals surface area contributed by atoms with Crippen LogP contribution >= 0.6 is 0 Å². The second kappa shape index (κ2) is 15.3. The van der Waals surface area contributed by atoms with E-state index in [1.165, 1.54) is 68.8 Å². The third-order valence-corrected chi connectivity index (χ3v) is 8.11. The van der Waals surface area contributed by atoms with E-state index in [0.717, 1.165) is 6.42 Å². The third kappa shape index (κ3) is 10.6. The summed E-state index contributed by atoms with van der Waals surface area (Å²) >= 11 is 1.46. The average Bonchev–Trinajstić information content (AvgIpc) is 3.47. The summed E-state index contributed by atoms with van der Waals surface area (Å²) in [6.07, 6.45) is 8.68. The second-order valence-electron chi connectivity index (χ2n) is 13.9. The molecule has 3 aromatic carbocycles. The van der Waals surface area contributed by atoms with E-state index in [2.05, 4.69) is 152 Å². The quantitative estimate of drug-likeness (QED) is 0.270. The van der Waals surface area contributed by atoms with Gasteiger partial charge in [0, 0.05) is 0 Å². The molecular weight excluding hydrogens is 619 g/mol. The fourth-order valence-corrected chi connectivity index (χ4v) is 5.06. The van der Waals surface area contributed by atoms with E-state index in [-0.39, 0.29) is 35.6 Å². The molecule has 0 radical (unpaired) electrons.